The second-order valence-corrected chi connectivity index (χ2v) is 5.70. The van der Waals surface area contributed by atoms with E-state index >= 15 is 0 Å². The molecule has 0 unspecified atom stereocenters. The number of anilines is 1. The van der Waals surface area contributed by atoms with Crippen molar-refractivity contribution >= 4 is 29.1 Å². The van der Waals surface area contributed by atoms with Gasteiger partial charge < -0.3 is 15.4 Å². The van der Waals surface area contributed by atoms with E-state index in [1.807, 2.05) is 13.0 Å². The lowest BCUT2D eigenvalue weighted by atomic mass is 9.91. The molecule has 2 amide bonds. The molecule has 1 aromatic rings. The minimum Gasteiger partial charge on any atom is -0.383 e. The third-order valence-corrected chi connectivity index (χ3v) is 3.56. The van der Waals surface area contributed by atoms with Gasteiger partial charge in [0.1, 0.15) is 5.41 Å². The Hall–Kier alpha value is -1.59. The first-order valence-corrected chi connectivity index (χ1v) is 7.01. The first kappa shape index (κ1) is 17.5. The Bertz CT molecular complexity index is 530. The van der Waals surface area contributed by atoms with Crippen LogP contribution in [0.4, 0.5) is 5.69 Å². The first-order chi connectivity index (χ1) is 9.78. The van der Waals surface area contributed by atoms with Gasteiger partial charge in [0.2, 0.25) is 11.8 Å². The van der Waals surface area contributed by atoms with Crippen molar-refractivity contribution in [3.63, 3.8) is 0 Å². The van der Waals surface area contributed by atoms with E-state index < -0.39 is 11.3 Å². The zero-order valence-corrected chi connectivity index (χ0v) is 13.5. The fraction of sp³-hybridized carbons (Fsp3) is 0.467. The molecule has 5 nitrogen and oxygen atoms in total. The molecule has 1 aromatic carbocycles. The number of hydrogen-bond acceptors (Lipinski definition) is 3. The molecule has 0 radical (unpaired) electrons. The Labute approximate surface area is 130 Å². The second-order valence-electron chi connectivity index (χ2n) is 5.29. The summed E-state index contributed by atoms with van der Waals surface area (Å²) in [6.07, 6.45) is 0. The van der Waals surface area contributed by atoms with E-state index in [1.165, 1.54) is 0 Å². The maximum Gasteiger partial charge on any atom is 0.239 e. The SMILES string of the molecule is COCCNC(=O)C(C)(C)C(=O)Nc1ccc(C)c(Cl)c1. The molecule has 1 rings (SSSR count). The molecule has 0 spiro atoms. The Morgan fingerprint density at radius 1 is 1.29 bits per heavy atom. The lowest BCUT2D eigenvalue weighted by Crippen LogP contribution is -2.45. The molecule has 0 aromatic heterocycles. The summed E-state index contributed by atoms with van der Waals surface area (Å²) in [7, 11) is 1.55. The van der Waals surface area contributed by atoms with E-state index in [9.17, 15) is 9.59 Å². The molecule has 0 heterocycles. The van der Waals surface area contributed by atoms with Crippen LogP contribution in [0.3, 0.4) is 0 Å². The summed E-state index contributed by atoms with van der Waals surface area (Å²) in [5.41, 5.74) is 0.296. The number of methoxy groups -OCH3 is 1. The summed E-state index contributed by atoms with van der Waals surface area (Å²) < 4.78 is 4.86. The van der Waals surface area contributed by atoms with Crippen LogP contribution in [0.25, 0.3) is 0 Å². The topological polar surface area (TPSA) is 67.4 Å². The van der Waals surface area contributed by atoms with Crippen LogP contribution in [0.2, 0.25) is 5.02 Å². The number of benzene rings is 1. The number of nitrogens with one attached hydrogen (secondary N) is 2. The van der Waals surface area contributed by atoms with Gasteiger partial charge in [-0.1, -0.05) is 17.7 Å². The lowest BCUT2D eigenvalue weighted by Gasteiger charge is -2.22. The molecule has 0 aliphatic rings. The second kappa shape index (κ2) is 7.43. The number of carbonyl (C=O) groups excluding carboxylic acids is 2. The number of amides is 2. The van der Waals surface area contributed by atoms with Gasteiger partial charge in [-0.05, 0) is 38.5 Å². The Morgan fingerprint density at radius 2 is 1.95 bits per heavy atom. The van der Waals surface area contributed by atoms with E-state index in [-0.39, 0.29) is 5.91 Å². The maximum absolute atomic E-state index is 12.3. The molecule has 0 atom stereocenters. The molecule has 116 valence electrons. The van der Waals surface area contributed by atoms with Crippen molar-refractivity contribution in [2.75, 3.05) is 25.6 Å². The van der Waals surface area contributed by atoms with Crippen molar-refractivity contribution in [3.05, 3.63) is 28.8 Å². The minimum absolute atomic E-state index is 0.352. The number of ether oxygens (including phenoxy) is 1. The van der Waals surface area contributed by atoms with E-state index in [0.29, 0.717) is 23.9 Å². The molecule has 6 heteroatoms. The summed E-state index contributed by atoms with van der Waals surface area (Å²) in [6.45, 7) is 5.78. The first-order valence-electron chi connectivity index (χ1n) is 6.64. The maximum atomic E-state index is 12.3. The van der Waals surface area contributed by atoms with Crippen LogP contribution in [0.15, 0.2) is 18.2 Å². The van der Waals surface area contributed by atoms with Gasteiger partial charge in [0.25, 0.3) is 0 Å². The highest BCUT2D eigenvalue weighted by molar-refractivity contribution is 6.31. The smallest absolute Gasteiger partial charge is 0.239 e. The number of carbonyl (C=O) groups is 2. The fourth-order valence-corrected chi connectivity index (χ4v) is 1.73. The fourth-order valence-electron chi connectivity index (χ4n) is 1.55. The molecule has 0 aliphatic carbocycles. The third kappa shape index (κ3) is 4.72. The summed E-state index contributed by atoms with van der Waals surface area (Å²) >= 11 is 6.01. The lowest BCUT2D eigenvalue weighted by molar-refractivity contribution is -0.138. The van der Waals surface area contributed by atoms with Gasteiger partial charge in [0.05, 0.1) is 6.61 Å². The number of halogens is 1. The number of aryl methyl sites for hydroxylation is 1. The normalized spacial score (nSPS) is 11.1. The average Bonchev–Trinajstić information content (AvgIpc) is 2.43. The van der Waals surface area contributed by atoms with Gasteiger partial charge in [0, 0.05) is 24.4 Å². The van der Waals surface area contributed by atoms with E-state index in [4.69, 9.17) is 16.3 Å². The molecule has 2 N–H and O–H groups in total. The number of hydrogen-bond donors (Lipinski definition) is 2. The molecule has 0 bridgehead atoms. The molecular weight excluding hydrogens is 292 g/mol. The van der Waals surface area contributed by atoms with Gasteiger partial charge in [-0.2, -0.15) is 0 Å². The van der Waals surface area contributed by atoms with Gasteiger partial charge in [-0.3, -0.25) is 9.59 Å². The van der Waals surface area contributed by atoms with Crippen LogP contribution in [0, 0.1) is 12.3 Å². The molecule has 0 saturated carbocycles. The Morgan fingerprint density at radius 3 is 2.52 bits per heavy atom. The van der Waals surface area contributed by atoms with Crippen LogP contribution in [-0.2, 0) is 14.3 Å². The van der Waals surface area contributed by atoms with Gasteiger partial charge in [0.15, 0.2) is 0 Å². The van der Waals surface area contributed by atoms with Crippen molar-refractivity contribution in [2.45, 2.75) is 20.8 Å². The summed E-state index contributed by atoms with van der Waals surface area (Å²) in [6, 6.07) is 5.22. The van der Waals surface area contributed by atoms with E-state index in [0.717, 1.165) is 5.56 Å². The van der Waals surface area contributed by atoms with Crippen LogP contribution in [0.5, 0.6) is 0 Å². The van der Waals surface area contributed by atoms with Gasteiger partial charge >= 0.3 is 0 Å². The predicted molar refractivity (Wildman–Crippen MR) is 83.5 cm³/mol. The summed E-state index contributed by atoms with van der Waals surface area (Å²) in [4.78, 5) is 24.3. The van der Waals surface area contributed by atoms with Crippen LogP contribution in [-0.4, -0.2) is 32.1 Å². The van der Waals surface area contributed by atoms with Crippen LogP contribution >= 0.6 is 11.6 Å². The number of rotatable bonds is 6. The van der Waals surface area contributed by atoms with Crippen molar-refractivity contribution < 1.29 is 14.3 Å². The van der Waals surface area contributed by atoms with E-state index in [1.54, 1.807) is 33.1 Å². The predicted octanol–water partition coefficient (Wildman–Crippen LogP) is 2.38. The molecule has 0 saturated heterocycles. The molecule has 0 aliphatic heterocycles. The van der Waals surface area contributed by atoms with Crippen molar-refractivity contribution in [1.82, 2.24) is 5.32 Å². The highest BCUT2D eigenvalue weighted by atomic mass is 35.5. The van der Waals surface area contributed by atoms with Gasteiger partial charge in [-0.25, -0.2) is 0 Å². The average molecular weight is 313 g/mol. The molecular formula is C15H21ClN2O3. The Kier molecular flexibility index (Phi) is 6.18. The molecule has 21 heavy (non-hydrogen) atoms. The van der Waals surface area contributed by atoms with Gasteiger partial charge in [-0.15, -0.1) is 0 Å². The zero-order chi connectivity index (χ0) is 16.0. The highest BCUT2D eigenvalue weighted by Crippen LogP contribution is 2.23. The van der Waals surface area contributed by atoms with E-state index in [2.05, 4.69) is 10.6 Å². The molecule has 0 fully saturated rings. The van der Waals surface area contributed by atoms with Crippen LogP contribution in [0.1, 0.15) is 19.4 Å². The zero-order valence-electron chi connectivity index (χ0n) is 12.7. The quantitative estimate of drug-likeness (QED) is 0.626. The minimum atomic E-state index is -1.19. The Balaban J connectivity index is 2.71. The largest absolute Gasteiger partial charge is 0.383 e. The third-order valence-electron chi connectivity index (χ3n) is 3.16. The highest BCUT2D eigenvalue weighted by Gasteiger charge is 2.35. The summed E-state index contributed by atoms with van der Waals surface area (Å²) in [5.74, 6) is -0.743. The van der Waals surface area contributed by atoms with Crippen molar-refractivity contribution in [2.24, 2.45) is 5.41 Å². The summed E-state index contributed by atoms with van der Waals surface area (Å²) in [5, 5.41) is 5.93. The van der Waals surface area contributed by atoms with Crippen molar-refractivity contribution in [1.29, 1.82) is 0 Å². The standard InChI is InChI=1S/C15H21ClN2O3/c1-10-5-6-11(9-12(10)16)18-14(20)15(2,3)13(19)17-7-8-21-4/h5-6,9H,7-8H2,1-4H3,(H,17,19)(H,18,20). The monoisotopic (exact) mass is 312 g/mol. The van der Waals surface area contributed by atoms with Crippen molar-refractivity contribution in [3.8, 4) is 0 Å². The van der Waals surface area contributed by atoms with Crippen LogP contribution < -0.4 is 10.6 Å².